The molecule has 0 atom stereocenters. The van der Waals surface area contributed by atoms with E-state index in [9.17, 15) is 14.4 Å². The highest BCUT2D eigenvalue weighted by molar-refractivity contribution is 6.38. The topological polar surface area (TPSA) is 60.4 Å². The van der Waals surface area contributed by atoms with Gasteiger partial charge in [-0.25, -0.2) is 4.79 Å². The van der Waals surface area contributed by atoms with Gasteiger partial charge in [-0.15, -0.1) is 0 Å². The molecule has 2 aromatic carbocycles. The van der Waals surface area contributed by atoms with Crippen LogP contribution in [0.15, 0.2) is 54.6 Å². The average Bonchev–Trinajstić information content (AvgIpc) is 2.53. The Morgan fingerprint density at radius 2 is 1.55 bits per heavy atom. The molecule has 0 saturated carbocycles. The van der Waals surface area contributed by atoms with Crippen LogP contribution in [0.5, 0.6) is 0 Å². The van der Waals surface area contributed by atoms with Gasteiger partial charge in [0.1, 0.15) is 6.61 Å². The summed E-state index contributed by atoms with van der Waals surface area (Å²) < 4.78 is 4.92. The molecule has 0 heterocycles. The van der Waals surface area contributed by atoms with Crippen LogP contribution in [0, 0.1) is 6.92 Å². The Labute approximate surface area is 128 Å². The lowest BCUT2D eigenvalue weighted by molar-refractivity contribution is -0.154. The number of ether oxygens (including phenoxy) is 1. The third-order valence-electron chi connectivity index (χ3n) is 3.21. The van der Waals surface area contributed by atoms with Crippen molar-refractivity contribution in [2.24, 2.45) is 0 Å². The van der Waals surface area contributed by atoms with Crippen LogP contribution in [-0.4, -0.2) is 17.5 Å². The predicted octanol–water partition coefficient (Wildman–Crippen LogP) is 2.88. The normalized spacial score (nSPS) is 10.0. The number of aryl methyl sites for hydroxylation is 1. The number of rotatable bonds is 6. The molecule has 0 aromatic heterocycles. The summed E-state index contributed by atoms with van der Waals surface area (Å²) in [4.78, 5) is 35.4. The van der Waals surface area contributed by atoms with Gasteiger partial charge in [-0.1, -0.05) is 54.6 Å². The molecule has 0 aliphatic rings. The Morgan fingerprint density at radius 3 is 2.23 bits per heavy atom. The zero-order valence-corrected chi connectivity index (χ0v) is 12.2. The highest BCUT2D eigenvalue weighted by Gasteiger charge is 2.21. The van der Waals surface area contributed by atoms with Crippen LogP contribution in [0.4, 0.5) is 0 Å². The second-order valence-corrected chi connectivity index (χ2v) is 4.90. The SMILES string of the molecule is Cc1ccccc1C(=O)CC(=O)C(=O)OCc1ccccc1. The molecule has 0 unspecified atom stereocenters. The third-order valence-corrected chi connectivity index (χ3v) is 3.21. The first-order valence-corrected chi connectivity index (χ1v) is 6.90. The third kappa shape index (κ3) is 4.12. The minimum atomic E-state index is -0.981. The van der Waals surface area contributed by atoms with Crippen LogP contribution in [0.1, 0.15) is 27.9 Å². The average molecular weight is 296 g/mol. The van der Waals surface area contributed by atoms with Crippen molar-refractivity contribution in [2.75, 3.05) is 0 Å². The molecular weight excluding hydrogens is 280 g/mol. The summed E-state index contributed by atoms with van der Waals surface area (Å²) in [6, 6.07) is 16.0. The number of hydrogen-bond donors (Lipinski definition) is 0. The van der Waals surface area contributed by atoms with E-state index in [-0.39, 0.29) is 12.4 Å². The maximum absolute atomic E-state index is 12.0. The van der Waals surface area contributed by atoms with Gasteiger partial charge in [-0.3, -0.25) is 9.59 Å². The summed E-state index contributed by atoms with van der Waals surface area (Å²) in [7, 11) is 0. The molecule has 0 N–H and O–H groups in total. The highest BCUT2D eigenvalue weighted by Crippen LogP contribution is 2.10. The molecule has 0 spiro atoms. The van der Waals surface area contributed by atoms with Crippen molar-refractivity contribution in [3.63, 3.8) is 0 Å². The van der Waals surface area contributed by atoms with Crippen LogP contribution in [0.2, 0.25) is 0 Å². The number of carbonyl (C=O) groups excluding carboxylic acids is 3. The van der Waals surface area contributed by atoms with Crippen molar-refractivity contribution in [1.29, 1.82) is 0 Å². The van der Waals surface area contributed by atoms with Gasteiger partial charge in [-0.05, 0) is 18.1 Å². The van der Waals surface area contributed by atoms with Crippen molar-refractivity contribution in [2.45, 2.75) is 20.0 Å². The summed E-state index contributed by atoms with van der Waals surface area (Å²) in [5.74, 6) is -2.19. The highest BCUT2D eigenvalue weighted by atomic mass is 16.5. The smallest absolute Gasteiger partial charge is 0.375 e. The van der Waals surface area contributed by atoms with Gasteiger partial charge in [0.2, 0.25) is 5.78 Å². The number of ketones is 2. The number of carbonyl (C=O) groups is 3. The minimum absolute atomic E-state index is 0.0178. The standard InChI is InChI=1S/C18H16O4/c1-13-7-5-6-10-15(13)16(19)11-17(20)18(21)22-12-14-8-3-2-4-9-14/h2-10H,11-12H2,1H3. The van der Waals surface area contributed by atoms with Crippen molar-refractivity contribution in [1.82, 2.24) is 0 Å². The van der Waals surface area contributed by atoms with Gasteiger partial charge >= 0.3 is 5.97 Å². The fourth-order valence-electron chi connectivity index (χ4n) is 2.00. The molecule has 0 aliphatic heterocycles. The minimum Gasteiger partial charge on any atom is -0.455 e. The number of hydrogen-bond acceptors (Lipinski definition) is 4. The van der Waals surface area contributed by atoms with E-state index >= 15 is 0 Å². The molecule has 0 fully saturated rings. The van der Waals surface area contributed by atoms with E-state index in [1.165, 1.54) is 0 Å². The summed E-state index contributed by atoms with van der Waals surface area (Å²) in [6.07, 6.45) is -0.474. The predicted molar refractivity (Wildman–Crippen MR) is 81.4 cm³/mol. The summed E-state index contributed by atoms with van der Waals surface area (Å²) in [6.45, 7) is 1.80. The van der Waals surface area contributed by atoms with Crippen LogP contribution in [0.3, 0.4) is 0 Å². The van der Waals surface area contributed by atoms with Crippen molar-refractivity contribution < 1.29 is 19.1 Å². The summed E-state index contributed by atoms with van der Waals surface area (Å²) >= 11 is 0. The van der Waals surface area contributed by atoms with E-state index in [4.69, 9.17) is 4.74 Å². The largest absolute Gasteiger partial charge is 0.455 e. The molecule has 2 aromatic rings. The zero-order chi connectivity index (χ0) is 15.9. The zero-order valence-electron chi connectivity index (χ0n) is 12.2. The van der Waals surface area contributed by atoms with Gasteiger partial charge < -0.3 is 4.74 Å². The number of benzene rings is 2. The lowest BCUT2D eigenvalue weighted by Crippen LogP contribution is -2.21. The molecule has 0 amide bonds. The van der Waals surface area contributed by atoms with Gasteiger partial charge in [0.25, 0.3) is 0 Å². The van der Waals surface area contributed by atoms with E-state index < -0.39 is 18.2 Å². The molecule has 4 heteroatoms. The van der Waals surface area contributed by atoms with Gasteiger partial charge in [0, 0.05) is 5.56 Å². The second kappa shape index (κ2) is 7.31. The fourth-order valence-corrected chi connectivity index (χ4v) is 2.00. The lowest BCUT2D eigenvalue weighted by Gasteiger charge is -2.05. The van der Waals surface area contributed by atoms with Gasteiger partial charge in [0.05, 0.1) is 6.42 Å². The van der Waals surface area contributed by atoms with Gasteiger partial charge in [-0.2, -0.15) is 0 Å². The Morgan fingerprint density at radius 1 is 0.909 bits per heavy atom. The summed E-state index contributed by atoms with van der Waals surface area (Å²) in [5, 5.41) is 0. The summed E-state index contributed by atoms with van der Waals surface area (Å²) in [5.41, 5.74) is 2.01. The molecular formula is C18H16O4. The second-order valence-electron chi connectivity index (χ2n) is 4.90. The first kappa shape index (κ1) is 15.6. The van der Waals surface area contributed by atoms with Crippen LogP contribution >= 0.6 is 0 Å². The Hall–Kier alpha value is -2.75. The Kier molecular flexibility index (Phi) is 5.20. The Balaban J connectivity index is 1.90. The van der Waals surface area contributed by atoms with E-state index in [2.05, 4.69) is 0 Å². The van der Waals surface area contributed by atoms with E-state index in [1.54, 1.807) is 37.3 Å². The Bertz CT molecular complexity index is 689. The van der Waals surface area contributed by atoms with Crippen LogP contribution < -0.4 is 0 Å². The fraction of sp³-hybridized carbons (Fsp3) is 0.167. The van der Waals surface area contributed by atoms with Crippen molar-refractivity contribution >= 4 is 17.5 Å². The molecule has 0 saturated heterocycles. The van der Waals surface area contributed by atoms with Crippen LogP contribution in [-0.2, 0) is 20.9 Å². The van der Waals surface area contributed by atoms with E-state index in [0.29, 0.717) is 5.56 Å². The van der Waals surface area contributed by atoms with Crippen LogP contribution in [0.25, 0.3) is 0 Å². The monoisotopic (exact) mass is 296 g/mol. The van der Waals surface area contributed by atoms with Crippen molar-refractivity contribution in [3.8, 4) is 0 Å². The van der Waals surface area contributed by atoms with Crippen molar-refractivity contribution in [3.05, 3.63) is 71.3 Å². The number of esters is 1. The molecule has 112 valence electrons. The maximum Gasteiger partial charge on any atom is 0.375 e. The maximum atomic E-state index is 12.0. The molecule has 0 bridgehead atoms. The number of Topliss-reactive ketones (excluding diaryl/α,β-unsaturated/α-hetero) is 2. The molecule has 4 nitrogen and oxygen atoms in total. The first-order valence-electron chi connectivity index (χ1n) is 6.90. The first-order chi connectivity index (χ1) is 10.6. The molecule has 2 rings (SSSR count). The quantitative estimate of drug-likeness (QED) is 0.356. The van der Waals surface area contributed by atoms with E-state index in [0.717, 1.165) is 11.1 Å². The molecule has 22 heavy (non-hydrogen) atoms. The van der Waals surface area contributed by atoms with E-state index in [1.807, 2.05) is 24.3 Å². The van der Waals surface area contributed by atoms with Gasteiger partial charge in [0.15, 0.2) is 5.78 Å². The lowest BCUT2D eigenvalue weighted by atomic mass is 10.0. The molecule has 0 aliphatic carbocycles. The molecule has 0 radical (unpaired) electrons.